The van der Waals surface area contributed by atoms with Crippen LogP contribution in [0.15, 0.2) is 0 Å². The van der Waals surface area contributed by atoms with Gasteiger partial charge in [0.2, 0.25) is 10.4 Å². The molecule has 0 unspecified atom stereocenters. The minimum absolute atomic E-state index is 0.272. The van der Waals surface area contributed by atoms with Gasteiger partial charge in [-0.2, -0.15) is 0 Å². The number of nitrogens with one attached hydrogen (secondary N) is 1. The van der Waals surface area contributed by atoms with Crippen molar-refractivity contribution in [2.24, 2.45) is 0 Å². The summed E-state index contributed by atoms with van der Waals surface area (Å²) < 4.78 is 32.4. The van der Waals surface area contributed by atoms with Crippen LogP contribution in [0.1, 0.15) is 0 Å². The lowest BCUT2D eigenvalue weighted by molar-refractivity contribution is 0.248. The molecule has 8 heavy (non-hydrogen) atoms. The van der Waals surface area contributed by atoms with Crippen molar-refractivity contribution in [1.82, 2.24) is 5.32 Å². The van der Waals surface area contributed by atoms with Crippen LogP contribution in [0.2, 0.25) is 0 Å². The molecule has 0 saturated heterocycles. The summed E-state index contributed by atoms with van der Waals surface area (Å²) in [6.45, 7) is -0.272. The minimum atomic E-state index is -4.50. The highest BCUT2D eigenvalue weighted by atomic mass is 32.3. The molecule has 0 aromatic rings. The monoisotopic (exact) mass is 140 g/mol. The van der Waals surface area contributed by atoms with Gasteiger partial charge in [-0.25, -0.2) is 8.42 Å². The SMILES string of the molecule is CNCOS(=O)(=O)[O-]. The van der Waals surface area contributed by atoms with E-state index in [4.69, 9.17) is 0 Å². The quantitative estimate of drug-likeness (QED) is 0.297. The summed E-state index contributed by atoms with van der Waals surface area (Å²) in [5.41, 5.74) is 0. The Morgan fingerprint density at radius 3 is 2.38 bits per heavy atom. The second kappa shape index (κ2) is 2.98. The third-order valence-electron chi connectivity index (χ3n) is 0.348. The zero-order valence-electron chi connectivity index (χ0n) is 4.25. The van der Waals surface area contributed by atoms with E-state index >= 15 is 0 Å². The van der Waals surface area contributed by atoms with Crippen LogP contribution in [0.25, 0.3) is 0 Å². The molecule has 6 heteroatoms. The van der Waals surface area contributed by atoms with Crippen molar-refractivity contribution in [3.05, 3.63) is 0 Å². The molecule has 0 bridgehead atoms. The summed E-state index contributed by atoms with van der Waals surface area (Å²) in [6, 6.07) is 0. The fraction of sp³-hybridized carbons (Fsp3) is 1.00. The molecule has 0 atom stereocenters. The van der Waals surface area contributed by atoms with Gasteiger partial charge < -0.3 is 4.55 Å². The molecule has 0 aromatic heterocycles. The van der Waals surface area contributed by atoms with Crippen LogP contribution in [-0.4, -0.2) is 26.7 Å². The van der Waals surface area contributed by atoms with Crippen LogP contribution in [0, 0.1) is 0 Å². The number of hydrogen-bond donors (Lipinski definition) is 1. The highest BCUT2D eigenvalue weighted by Crippen LogP contribution is 1.79. The molecule has 1 N–H and O–H groups in total. The van der Waals surface area contributed by atoms with Gasteiger partial charge in [-0.15, -0.1) is 0 Å². The van der Waals surface area contributed by atoms with Crippen molar-refractivity contribution >= 4 is 10.4 Å². The largest absolute Gasteiger partial charge is 0.725 e. The van der Waals surface area contributed by atoms with Crippen LogP contribution in [0.4, 0.5) is 0 Å². The fourth-order valence-electron chi connectivity index (χ4n) is 0.131. The first kappa shape index (κ1) is 7.83. The van der Waals surface area contributed by atoms with E-state index < -0.39 is 10.4 Å². The van der Waals surface area contributed by atoms with Crippen LogP contribution in [-0.2, 0) is 14.6 Å². The maximum absolute atomic E-state index is 9.57. The molecule has 50 valence electrons. The van der Waals surface area contributed by atoms with Crippen LogP contribution in [0.3, 0.4) is 0 Å². The zero-order valence-corrected chi connectivity index (χ0v) is 5.06. The summed E-state index contributed by atoms with van der Waals surface area (Å²) in [4.78, 5) is 0. The van der Waals surface area contributed by atoms with E-state index in [9.17, 15) is 13.0 Å². The van der Waals surface area contributed by atoms with Crippen molar-refractivity contribution in [2.45, 2.75) is 0 Å². The summed E-state index contributed by atoms with van der Waals surface area (Å²) in [5, 5.41) is 2.32. The first-order chi connectivity index (χ1) is 3.56. The lowest BCUT2D eigenvalue weighted by Crippen LogP contribution is -2.15. The van der Waals surface area contributed by atoms with Crippen LogP contribution in [0.5, 0.6) is 0 Å². The second-order valence-electron chi connectivity index (χ2n) is 1.02. The lowest BCUT2D eigenvalue weighted by Gasteiger charge is -2.04. The minimum Gasteiger partial charge on any atom is -0.725 e. The molecule has 0 heterocycles. The third kappa shape index (κ3) is 5.83. The predicted molar refractivity (Wildman–Crippen MR) is 24.7 cm³/mol. The molecule has 0 fully saturated rings. The first-order valence-corrected chi connectivity index (χ1v) is 3.14. The second-order valence-corrected chi connectivity index (χ2v) is 2.08. The van der Waals surface area contributed by atoms with Crippen molar-refractivity contribution in [3.8, 4) is 0 Å². The summed E-state index contributed by atoms with van der Waals surface area (Å²) in [7, 11) is -3.04. The van der Waals surface area contributed by atoms with E-state index in [-0.39, 0.29) is 6.73 Å². The number of rotatable bonds is 3. The van der Waals surface area contributed by atoms with Crippen LogP contribution >= 0.6 is 0 Å². The highest BCUT2D eigenvalue weighted by molar-refractivity contribution is 7.80. The van der Waals surface area contributed by atoms with Gasteiger partial charge in [-0.05, 0) is 7.05 Å². The topological polar surface area (TPSA) is 78.5 Å². The molecule has 0 saturated carbocycles. The highest BCUT2D eigenvalue weighted by Gasteiger charge is 1.88. The average molecular weight is 140 g/mol. The molecule has 0 rings (SSSR count). The standard InChI is InChI=1S/C2H7NO4S/c1-3-2-7-8(4,5)6/h3H,2H2,1H3,(H,4,5,6)/p-1. The average Bonchev–Trinajstić information content (AvgIpc) is 1.59. The van der Waals surface area contributed by atoms with Gasteiger partial charge in [0.05, 0.1) is 0 Å². The molecular weight excluding hydrogens is 134 g/mol. The van der Waals surface area contributed by atoms with E-state index in [1.54, 1.807) is 0 Å². The predicted octanol–water partition coefficient (Wildman–Crippen LogP) is -1.36. The third-order valence-corrected chi connectivity index (χ3v) is 0.754. The number of hydrogen-bond acceptors (Lipinski definition) is 5. The summed E-state index contributed by atoms with van der Waals surface area (Å²) in [6.07, 6.45) is 0. The Hall–Kier alpha value is -0.170. The van der Waals surface area contributed by atoms with Crippen molar-refractivity contribution < 1.29 is 17.2 Å². The van der Waals surface area contributed by atoms with Crippen molar-refractivity contribution in [2.75, 3.05) is 13.8 Å². The summed E-state index contributed by atoms with van der Waals surface area (Å²) in [5.74, 6) is 0. The van der Waals surface area contributed by atoms with Gasteiger partial charge in [-0.1, -0.05) is 0 Å². The molecule has 0 amide bonds. The van der Waals surface area contributed by atoms with Gasteiger partial charge in [0.1, 0.15) is 6.73 Å². The molecule has 5 nitrogen and oxygen atoms in total. The Morgan fingerprint density at radius 1 is 1.75 bits per heavy atom. The van der Waals surface area contributed by atoms with Crippen molar-refractivity contribution in [3.63, 3.8) is 0 Å². The molecule has 0 aromatic carbocycles. The smallest absolute Gasteiger partial charge is 0.218 e. The molecule has 0 spiro atoms. The van der Waals surface area contributed by atoms with E-state index in [2.05, 4.69) is 9.50 Å². The Balaban J connectivity index is 3.42. The Morgan fingerprint density at radius 2 is 2.25 bits per heavy atom. The van der Waals surface area contributed by atoms with E-state index in [1.807, 2.05) is 0 Å². The van der Waals surface area contributed by atoms with E-state index in [0.717, 1.165) is 0 Å². The molecule has 0 aliphatic carbocycles. The maximum atomic E-state index is 9.57. The molecule has 0 aliphatic rings. The Labute approximate surface area is 47.6 Å². The normalized spacial score (nSPS) is 11.8. The van der Waals surface area contributed by atoms with Gasteiger partial charge in [0.15, 0.2) is 0 Å². The van der Waals surface area contributed by atoms with Gasteiger partial charge >= 0.3 is 0 Å². The van der Waals surface area contributed by atoms with Gasteiger partial charge in [0.25, 0.3) is 0 Å². The van der Waals surface area contributed by atoms with E-state index in [1.165, 1.54) is 7.05 Å². The maximum Gasteiger partial charge on any atom is 0.218 e. The molecular formula is C2H6NO4S-. The Kier molecular flexibility index (Phi) is 2.91. The summed E-state index contributed by atoms with van der Waals surface area (Å²) >= 11 is 0. The van der Waals surface area contributed by atoms with E-state index in [0.29, 0.717) is 0 Å². The van der Waals surface area contributed by atoms with Gasteiger partial charge in [0, 0.05) is 0 Å². The fourth-order valence-corrected chi connectivity index (χ4v) is 0.393. The van der Waals surface area contributed by atoms with Crippen LogP contribution < -0.4 is 5.32 Å². The Bertz CT molecular complexity index is 138. The molecule has 0 aliphatic heterocycles. The zero-order chi connectivity index (χ0) is 6.62. The van der Waals surface area contributed by atoms with Gasteiger partial charge in [-0.3, -0.25) is 9.50 Å². The molecule has 0 radical (unpaired) electrons. The lowest BCUT2D eigenvalue weighted by atomic mass is 11.2. The first-order valence-electron chi connectivity index (χ1n) is 1.81. The van der Waals surface area contributed by atoms with Crippen molar-refractivity contribution in [1.29, 1.82) is 0 Å².